The van der Waals surface area contributed by atoms with E-state index in [1.807, 2.05) is 12.3 Å². The molecule has 0 aromatic carbocycles. The van der Waals surface area contributed by atoms with Gasteiger partial charge in [-0.15, -0.1) is 0 Å². The van der Waals surface area contributed by atoms with Crippen molar-refractivity contribution in [1.82, 2.24) is 24.3 Å². The number of fused-ring (bicyclic) bond motifs is 1. The molecule has 4 aromatic rings. The van der Waals surface area contributed by atoms with Crippen LogP contribution in [0.15, 0.2) is 47.7 Å². The summed E-state index contributed by atoms with van der Waals surface area (Å²) in [6.07, 6.45) is 6.90. The van der Waals surface area contributed by atoms with E-state index < -0.39 is 5.97 Å². The van der Waals surface area contributed by atoms with Crippen LogP contribution in [0.1, 0.15) is 13.0 Å². The Hall–Kier alpha value is -3.20. The van der Waals surface area contributed by atoms with E-state index in [0.717, 1.165) is 17.6 Å². The summed E-state index contributed by atoms with van der Waals surface area (Å²) in [5.74, 6) is -0.508. The summed E-state index contributed by atoms with van der Waals surface area (Å²) in [6.45, 7) is 0.561. The van der Waals surface area contributed by atoms with Gasteiger partial charge in [0.05, 0.1) is 11.9 Å². The third-order valence-electron chi connectivity index (χ3n) is 3.62. The normalized spacial score (nSPS) is 10.6. The lowest BCUT2D eigenvalue weighted by molar-refractivity contribution is -0.137. The molecule has 4 heterocycles. The fraction of sp³-hybridized carbons (Fsp3) is 0.176. The van der Waals surface area contributed by atoms with Crippen molar-refractivity contribution in [2.75, 3.05) is 5.32 Å². The van der Waals surface area contributed by atoms with Crippen LogP contribution in [0.2, 0.25) is 0 Å². The molecule has 0 bridgehead atoms. The summed E-state index contributed by atoms with van der Waals surface area (Å²) < 4.78 is 3.40. The van der Waals surface area contributed by atoms with Gasteiger partial charge in [-0.1, -0.05) is 7.43 Å². The van der Waals surface area contributed by atoms with Crippen molar-refractivity contribution in [2.45, 2.75) is 20.5 Å². The molecule has 0 aliphatic heterocycles. The maximum atomic E-state index is 10.7. The molecule has 4 rings (SSSR count). The van der Waals surface area contributed by atoms with Gasteiger partial charge in [-0.25, -0.2) is 4.98 Å². The van der Waals surface area contributed by atoms with Crippen LogP contribution in [0.3, 0.4) is 0 Å². The monoisotopic (exact) mass is 370 g/mol. The van der Waals surface area contributed by atoms with Crippen LogP contribution < -0.4 is 5.32 Å². The Morgan fingerprint density at radius 2 is 2.19 bits per heavy atom. The van der Waals surface area contributed by atoms with Crippen molar-refractivity contribution in [3.05, 3.63) is 53.2 Å². The molecular formula is C17H18N6O2S. The number of carboxylic acid groups (broad SMARTS) is 1. The van der Waals surface area contributed by atoms with Crippen LogP contribution in [0.5, 0.6) is 0 Å². The molecule has 9 heteroatoms. The standard InChI is InChI=1S/C16H14N6O2S.CH4/c23-14(24)9-22-8-13(6-18-22)19-16-17-5-12-1-3-21(15(12)20-16)7-11-2-4-25-10-11;/h1-6,8,10H,7,9H2,(H,23,24)(H,17,19,20);1H4. The highest BCUT2D eigenvalue weighted by Gasteiger charge is 2.08. The lowest BCUT2D eigenvalue weighted by atomic mass is 10.3. The van der Waals surface area contributed by atoms with Gasteiger partial charge in [0, 0.05) is 30.5 Å². The number of rotatable bonds is 6. The summed E-state index contributed by atoms with van der Waals surface area (Å²) in [7, 11) is 0. The summed E-state index contributed by atoms with van der Waals surface area (Å²) in [5.41, 5.74) is 2.70. The maximum Gasteiger partial charge on any atom is 0.325 e. The van der Waals surface area contributed by atoms with E-state index in [1.54, 1.807) is 29.9 Å². The van der Waals surface area contributed by atoms with E-state index in [9.17, 15) is 4.79 Å². The number of aromatic nitrogens is 5. The number of aliphatic carboxylic acids is 1. The lowest BCUT2D eigenvalue weighted by Gasteiger charge is -2.05. The molecule has 0 atom stereocenters. The third-order valence-corrected chi connectivity index (χ3v) is 4.35. The van der Waals surface area contributed by atoms with Gasteiger partial charge in [0.15, 0.2) is 0 Å². The number of nitrogens with one attached hydrogen (secondary N) is 1. The molecule has 0 unspecified atom stereocenters. The molecule has 0 aliphatic carbocycles. The van der Waals surface area contributed by atoms with E-state index in [4.69, 9.17) is 5.11 Å². The molecule has 4 aromatic heterocycles. The third kappa shape index (κ3) is 3.72. The van der Waals surface area contributed by atoms with E-state index in [1.165, 1.54) is 10.2 Å². The first kappa shape index (κ1) is 17.6. The number of thiophene rings is 1. The quantitative estimate of drug-likeness (QED) is 0.541. The first-order valence-corrected chi connectivity index (χ1v) is 8.46. The Balaban J connectivity index is 0.00000196. The molecule has 26 heavy (non-hydrogen) atoms. The molecule has 0 radical (unpaired) electrons. The zero-order valence-electron chi connectivity index (χ0n) is 13.0. The highest BCUT2D eigenvalue weighted by atomic mass is 32.1. The van der Waals surface area contributed by atoms with Crippen molar-refractivity contribution in [3.63, 3.8) is 0 Å². The van der Waals surface area contributed by atoms with Crippen molar-refractivity contribution < 1.29 is 9.90 Å². The maximum absolute atomic E-state index is 10.7. The second kappa shape index (κ2) is 7.36. The SMILES string of the molecule is C.O=C(O)Cn1cc(Nc2ncc3ccn(Cc4ccsc4)c3n2)cn1. The minimum atomic E-state index is -0.946. The lowest BCUT2D eigenvalue weighted by Crippen LogP contribution is -2.08. The van der Waals surface area contributed by atoms with Gasteiger partial charge in [0.2, 0.25) is 5.95 Å². The highest BCUT2D eigenvalue weighted by molar-refractivity contribution is 7.07. The highest BCUT2D eigenvalue weighted by Crippen LogP contribution is 2.19. The minimum Gasteiger partial charge on any atom is -0.480 e. The number of anilines is 2. The average molecular weight is 370 g/mol. The average Bonchev–Trinajstić information content (AvgIpc) is 3.30. The van der Waals surface area contributed by atoms with E-state index in [0.29, 0.717) is 11.6 Å². The second-order valence-electron chi connectivity index (χ2n) is 5.49. The molecule has 2 N–H and O–H groups in total. The van der Waals surface area contributed by atoms with E-state index >= 15 is 0 Å². The van der Waals surface area contributed by atoms with Gasteiger partial charge in [-0.2, -0.15) is 21.4 Å². The molecule has 0 spiro atoms. The van der Waals surface area contributed by atoms with Crippen molar-refractivity contribution >= 4 is 40.0 Å². The zero-order chi connectivity index (χ0) is 17.2. The number of nitrogens with zero attached hydrogens (tertiary/aromatic N) is 5. The molecule has 0 saturated heterocycles. The van der Waals surface area contributed by atoms with Gasteiger partial charge in [0.25, 0.3) is 0 Å². The Bertz CT molecular complexity index is 1020. The summed E-state index contributed by atoms with van der Waals surface area (Å²) in [6, 6.07) is 4.07. The number of hydrogen-bond acceptors (Lipinski definition) is 6. The number of carbonyl (C=O) groups is 1. The summed E-state index contributed by atoms with van der Waals surface area (Å²) in [4.78, 5) is 19.6. The predicted octanol–water partition coefficient (Wildman–Crippen LogP) is 3.20. The molecule has 0 aliphatic rings. The summed E-state index contributed by atoms with van der Waals surface area (Å²) in [5, 5.41) is 21.0. The zero-order valence-corrected chi connectivity index (χ0v) is 13.8. The first-order chi connectivity index (χ1) is 12.2. The van der Waals surface area contributed by atoms with Gasteiger partial charge in [0.1, 0.15) is 12.2 Å². The van der Waals surface area contributed by atoms with Gasteiger partial charge in [-0.05, 0) is 28.5 Å². The number of carboxylic acids is 1. The number of hydrogen-bond donors (Lipinski definition) is 2. The minimum absolute atomic E-state index is 0. The predicted molar refractivity (Wildman–Crippen MR) is 101 cm³/mol. The van der Waals surface area contributed by atoms with Crippen LogP contribution >= 0.6 is 11.3 Å². The van der Waals surface area contributed by atoms with Crippen molar-refractivity contribution in [1.29, 1.82) is 0 Å². The van der Waals surface area contributed by atoms with Crippen LogP contribution in [-0.4, -0.2) is 35.4 Å². The largest absolute Gasteiger partial charge is 0.480 e. The molecule has 0 fully saturated rings. The second-order valence-corrected chi connectivity index (χ2v) is 6.27. The van der Waals surface area contributed by atoms with Crippen LogP contribution in [0.4, 0.5) is 11.6 Å². The molecular weight excluding hydrogens is 352 g/mol. The van der Waals surface area contributed by atoms with Crippen molar-refractivity contribution in [2.24, 2.45) is 0 Å². The van der Waals surface area contributed by atoms with E-state index in [2.05, 4.69) is 41.8 Å². The molecule has 0 amide bonds. The Morgan fingerprint density at radius 1 is 1.31 bits per heavy atom. The topological polar surface area (TPSA) is 97.9 Å². The van der Waals surface area contributed by atoms with Gasteiger partial charge in [-0.3, -0.25) is 9.48 Å². The fourth-order valence-electron chi connectivity index (χ4n) is 2.52. The van der Waals surface area contributed by atoms with Gasteiger partial charge >= 0.3 is 5.97 Å². The van der Waals surface area contributed by atoms with Crippen LogP contribution in [0, 0.1) is 0 Å². The Kier molecular flexibility index (Phi) is 4.99. The Morgan fingerprint density at radius 3 is 2.96 bits per heavy atom. The molecule has 8 nitrogen and oxygen atoms in total. The van der Waals surface area contributed by atoms with Crippen LogP contribution in [0.25, 0.3) is 11.0 Å². The molecule has 0 saturated carbocycles. The first-order valence-electron chi connectivity index (χ1n) is 7.51. The van der Waals surface area contributed by atoms with Crippen molar-refractivity contribution in [3.8, 4) is 0 Å². The van der Waals surface area contributed by atoms with Crippen LogP contribution in [-0.2, 0) is 17.9 Å². The fourth-order valence-corrected chi connectivity index (χ4v) is 3.18. The smallest absolute Gasteiger partial charge is 0.325 e. The molecule has 134 valence electrons. The summed E-state index contributed by atoms with van der Waals surface area (Å²) >= 11 is 1.67. The van der Waals surface area contributed by atoms with E-state index in [-0.39, 0.29) is 14.0 Å². The van der Waals surface area contributed by atoms with Gasteiger partial charge < -0.3 is 15.0 Å². The Labute approximate surface area is 153 Å².